The number of benzene rings is 1. The summed E-state index contributed by atoms with van der Waals surface area (Å²) in [5.41, 5.74) is -1.03. The topological polar surface area (TPSA) is 119 Å². The van der Waals surface area contributed by atoms with Crippen molar-refractivity contribution in [2.45, 2.75) is 48.7 Å². The molecule has 4 fully saturated rings. The highest BCUT2D eigenvalue weighted by molar-refractivity contribution is 14.1. The summed E-state index contributed by atoms with van der Waals surface area (Å²) in [6.07, 6.45) is 1.55. The number of esters is 2. The summed E-state index contributed by atoms with van der Waals surface area (Å²) in [7, 11) is -6.22. The zero-order valence-electron chi connectivity index (χ0n) is 16.1. The van der Waals surface area contributed by atoms with Gasteiger partial charge in [-0.25, -0.2) is 18.0 Å². The average molecular weight is 695 g/mol. The van der Waals surface area contributed by atoms with Gasteiger partial charge in [0.1, 0.15) is 11.2 Å². The number of hydrogen-bond donors (Lipinski definition) is 0. The molecule has 2 atom stereocenters. The van der Waals surface area contributed by atoms with Gasteiger partial charge >= 0.3 is 17.2 Å². The summed E-state index contributed by atoms with van der Waals surface area (Å²) in [6, 6.07) is 3.59. The van der Waals surface area contributed by atoms with Crippen molar-refractivity contribution >= 4 is 67.2 Å². The van der Waals surface area contributed by atoms with Crippen LogP contribution in [0.2, 0.25) is 0 Å². The summed E-state index contributed by atoms with van der Waals surface area (Å²) < 4.78 is 78.8. The van der Waals surface area contributed by atoms with Gasteiger partial charge in [-0.2, -0.15) is 8.78 Å². The van der Waals surface area contributed by atoms with Gasteiger partial charge in [0.15, 0.2) is 15.9 Å². The van der Waals surface area contributed by atoms with Crippen LogP contribution < -0.4 is 4.74 Å². The fraction of sp³-hybridized carbons (Fsp3) is 0.579. The Balaban J connectivity index is 1.48. The lowest BCUT2D eigenvalue weighted by Crippen LogP contribution is -2.69. The maximum absolute atomic E-state index is 13.8. The molecule has 174 valence electrons. The Morgan fingerprint density at radius 2 is 1.72 bits per heavy atom. The van der Waals surface area contributed by atoms with E-state index in [-0.39, 0.29) is 25.2 Å². The van der Waals surface area contributed by atoms with E-state index >= 15 is 0 Å². The SMILES string of the molecule is O=C1OC2(Oc3c(I)ccc(I)c31)C1CC3CC2CC(OC(=O)C(F)(F)S(=O)(=O)[O-])(C3)C1. The van der Waals surface area contributed by atoms with E-state index in [0.29, 0.717) is 27.7 Å². The molecule has 1 aliphatic heterocycles. The summed E-state index contributed by atoms with van der Waals surface area (Å²) in [6.45, 7) is 0. The fourth-order valence-electron chi connectivity index (χ4n) is 5.87. The number of hydrogen-bond acceptors (Lipinski definition) is 8. The monoisotopic (exact) mass is 695 g/mol. The molecule has 1 spiro atoms. The summed E-state index contributed by atoms with van der Waals surface area (Å²) >= 11 is 4.09. The van der Waals surface area contributed by atoms with E-state index in [0.717, 1.165) is 3.57 Å². The minimum absolute atomic E-state index is 0.00193. The molecule has 6 rings (SSSR count). The molecule has 0 aromatic heterocycles. The Morgan fingerprint density at radius 1 is 1.12 bits per heavy atom. The zero-order valence-corrected chi connectivity index (χ0v) is 21.2. The van der Waals surface area contributed by atoms with Crippen molar-refractivity contribution in [1.82, 2.24) is 0 Å². The molecule has 4 saturated carbocycles. The van der Waals surface area contributed by atoms with Crippen molar-refractivity contribution in [3.63, 3.8) is 0 Å². The maximum Gasteiger partial charge on any atom is 0.428 e. The van der Waals surface area contributed by atoms with Gasteiger partial charge in [-0.1, -0.05) is 0 Å². The molecule has 2 unspecified atom stereocenters. The number of carbonyl (C=O) groups excluding carboxylic acids is 2. The van der Waals surface area contributed by atoms with Crippen LogP contribution in [0, 0.1) is 24.9 Å². The first-order chi connectivity index (χ1) is 14.8. The van der Waals surface area contributed by atoms with Crippen LogP contribution in [0.5, 0.6) is 5.75 Å². The molecular weight excluding hydrogens is 680 g/mol. The van der Waals surface area contributed by atoms with E-state index < -0.39 is 50.5 Å². The van der Waals surface area contributed by atoms with Gasteiger partial charge in [0, 0.05) is 15.4 Å². The predicted molar refractivity (Wildman–Crippen MR) is 118 cm³/mol. The molecule has 13 heteroatoms. The van der Waals surface area contributed by atoms with Crippen LogP contribution in [0.15, 0.2) is 12.1 Å². The summed E-state index contributed by atoms with van der Waals surface area (Å²) in [4.78, 5) is 25.0. The first-order valence-corrected chi connectivity index (χ1v) is 13.3. The predicted octanol–water partition coefficient (Wildman–Crippen LogP) is 3.40. The summed E-state index contributed by atoms with van der Waals surface area (Å²) in [5.74, 6) is -4.67. The number of rotatable bonds is 3. The molecule has 0 saturated heterocycles. The van der Waals surface area contributed by atoms with Gasteiger partial charge in [-0.3, -0.25) is 0 Å². The molecule has 8 nitrogen and oxygen atoms in total. The molecular formula is C19H15F2I2O8S-. The molecule has 32 heavy (non-hydrogen) atoms. The number of fused-ring (bicyclic) bond motifs is 1. The molecule has 1 aromatic carbocycles. The summed E-state index contributed by atoms with van der Waals surface area (Å²) in [5, 5.41) is -5.17. The Hall–Kier alpha value is -0.810. The number of ether oxygens (including phenoxy) is 3. The lowest BCUT2D eigenvalue weighted by molar-refractivity contribution is -0.309. The Labute approximate surface area is 208 Å². The normalized spacial score (nSPS) is 35.3. The molecule has 4 aliphatic carbocycles. The fourth-order valence-corrected chi connectivity index (χ4v) is 7.32. The Kier molecular flexibility index (Phi) is 5.09. The van der Waals surface area contributed by atoms with Crippen LogP contribution in [0.3, 0.4) is 0 Å². The number of halogens is 4. The van der Waals surface area contributed by atoms with Gasteiger partial charge in [0.05, 0.1) is 3.57 Å². The molecule has 5 aliphatic rings. The lowest BCUT2D eigenvalue weighted by Gasteiger charge is -2.63. The molecule has 1 aromatic rings. The van der Waals surface area contributed by atoms with Crippen molar-refractivity contribution < 1.29 is 45.6 Å². The third-order valence-electron chi connectivity index (χ3n) is 6.91. The van der Waals surface area contributed by atoms with Gasteiger partial charge < -0.3 is 18.8 Å². The third-order valence-corrected chi connectivity index (χ3v) is 9.45. The molecule has 0 N–H and O–H groups in total. The standard InChI is InChI=1S/C19H16F2I2O8S/c20-19(21,32(26,27)28)16(25)31-17-5-8-3-9(6-17)18(10(4-8)7-17)29-14-12(23)2-1-11(22)13(14)15(24)30-18/h1-2,8-10H,3-7H2,(H,26,27,28)/p-1. The van der Waals surface area contributed by atoms with Gasteiger partial charge in [0.2, 0.25) is 0 Å². The number of alkyl halides is 2. The smallest absolute Gasteiger partial charge is 0.428 e. The van der Waals surface area contributed by atoms with Crippen molar-refractivity contribution in [2.75, 3.05) is 0 Å². The van der Waals surface area contributed by atoms with Crippen molar-refractivity contribution in [3.05, 3.63) is 24.8 Å². The maximum atomic E-state index is 13.8. The van der Waals surface area contributed by atoms with Crippen molar-refractivity contribution in [1.29, 1.82) is 0 Å². The highest BCUT2D eigenvalue weighted by Crippen LogP contribution is 2.64. The number of carbonyl (C=O) groups is 2. The van der Waals surface area contributed by atoms with Gasteiger partial charge in [-0.15, -0.1) is 0 Å². The third kappa shape index (κ3) is 3.20. The van der Waals surface area contributed by atoms with E-state index in [1.54, 1.807) is 6.07 Å². The quantitative estimate of drug-likeness (QED) is 0.269. The second-order valence-corrected chi connectivity index (χ2v) is 12.6. The van der Waals surface area contributed by atoms with E-state index in [1.807, 2.05) is 28.7 Å². The lowest BCUT2D eigenvalue weighted by atomic mass is 9.51. The Morgan fingerprint density at radius 3 is 2.31 bits per heavy atom. The van der Waals surface area contributed by atoms with Gasteiger partial charge in [0.25, 0.3) is 5.79 Å². The molecule has 1 heterocycles. The largest absolute Gasteiger partial charge is 0.743 e. The second-order valence-electron chi connectivity index (χ2n) is 8.83. The van der Waals surface area contributed by atoms with E-state index in [9.17, 15) is 31.3 Å². The molecule has 4 bridgehead atoms. The van der Waals surface area contributed by atoms with Crippen LogP contribution in [0.4, 0.5) is 8.78 Å². The first-order valence-electron chi connectivity index (χ1n) is 9.75. The van der Waals surface area contributed by atoms with Crippen LogP contribution in [-0.2, 0) is 24.4 Å². The minimum atomic E-state index is -6.22. The minimum Gasteiger partial charge on any atom is -0.743 e. The van der Waals surface area contributed by atoms with Crippen LogP contribution >= 0.6 is 45.2 Å². The van der Waals surface area contributed by atoms with Crippen LogP contribution in [0.1, 0.15) is 42.5 Å². The molecule has 0 radical (unpaired) electrons. The van der Waals surface area contributed by atoms with Crippen LogP contribution in [-0.4, -0.2) is 41.6 Å². The van der Waals surface area contributed by atoms with E-state index in [2.05, 4.69) is 22.6 Å². The van der Waals surface area contributed by atoms with Gasteiger partial charge in [-0.05, 0) is 95.3 Å². The average Bonchev–Trinajstić information content (AvgIpc) is 2.67. The van der Waals surface area contributed by atoms with Crippen molar-refractivity contribution in [2.24, 2.45) is 17.8 Å². The van der Waals surface area contributed by atoms with E-state index in [4.69, 9.17) is 14.2 Å². The highest BCUT2D eigenvalue weighted by atomic mass is 127. The van der Waals surface area contributed by atoms with E-state index in [1.165, 1.54) is 0 Å². The second kappa shape index (κ2) is 7.10. The van der Waals surface area contributed by atoms with Crippen molar-refractivity contribution in [3.8, 4) is 5.75 Å². The first kappa shape index (κ1) is 23.0. The highest BCUT2D eigenvalue weighted by Gasteiger charge is 2.69. The Bertz CT molecular complexity index is 1140. The van der Waals surface area contributed by atoms with Crippen LogP contribution in [0.25, 0.3) is 0 Å². The zero-order chi connectivity index (χ0) is 23.3. The molecule has 0 amide bonds.